The minimum atomic E-state index is -5.08. The van der Waals surface area contributed by atoms with Crippen LogP contribution in [0.3, 0.4) is 0 Å². The Hall–Kier alpha value is -4.42. The number of aromatic nitrogens is 6. The van der Waals surface area contributed by atoms with Gasteiger partial charge in [-0.2, -0.15) is 23.4 Å². The van der Waals surface area contributed by atoms with Crippen molar-refractivity contribution in [1.82, 2.24) is 34.6 Å². The van der Waals surface area contributed by atoms with Crippen molar-refractivity contribution in [1.29, 1.82) is 0 Å². The molecule has 1 amide bonds. The number of halogens is 3. The van der Waals surface area contributed by atoms with Crippen LogP contribution < -0.4 is 0 Å². The Bertz CT molecular complexity index is 1440. The average molecular weight is 542 g/mol. The topological polar surface area (TPSA) is 127 Å². The van der Waals surface area contributed by atoms with Crippen molar-refractivity contribution in [2.45, 2.75) is 44.8 Å². The first-order valence-electron chi connectivity index (χ1n) is 12.2. The van der Waals surface area contributed by atoms with Crippen LogP contribution in [-0.2, 0) is 4.79 Å². The number of carbonyl (C=O) groups is 2. The average Bonchev–Trinajstić information content (AvgIpc) is 3.37. The van der Waals surface area contributed by atoms with Crippen LogP contribution in [0.5, 0.6) is 0 Å². The maximum absolute atomic E-state index is 12.8. The van der Waals surface area contributed by atoms with E-state index in [1.54, 1.807) is 18.5 Å². The van der Waals surface area contributed by atoms with Gasteiger partial charge in [-0.3, -0.25) is 14.8 Å². The van der Waals surface area contributed by atoms with Gasteiger partial charge < -0.3 is 14.6 Å². The first-order valence-corrected chi connectivity index (χ1v) is 12.2. The molecule has 5 rings (SSSR count). The molecule has 0 aromatic carbocycles. The van der Waals surface area contributed by atoms with Gasteiger partial charge in [0.15, 0.2) is 0 Å². The molecule has 0 atom stereocenters. The summed E-state index contributed by atoms with van der Waals surface area (Å²) in [4.78, 5) is 37.6. The van der Waals surface area contributed by atoms with Crippen LogP contribution in [0, 0.1) is 0 Å². The minimum Gasteiger partial charge on any atom is -0.475 e. The predicted octanol–water partition coefficient (Wildman–Crippen LogP) is 4.52. The van der Waals surface area contributed by atoms with Crippen LogP contribution in [0.15, 0.2) is 55.4 Å². The summed E-state index contributed by atoms with van der Waals surface area (Å²) in [6, 6.07) is 8.14. The van der Waals surface area contributed by atoms with E-state index in [0.29, 0.717) is 24.7 Å². The fourth-order valence-electron chi connectivity index (χ4n) is 4.35. The third-order valence-electron chi connectivity index (χ3n) is 6.35. The zero-order valence-electron chi connectivity index (χ0n) is 21.2. The third kappa shape index (κ3) is 6.36. The van der Waals surface area contributed by atoms with Crippen molar-refractivity contribution in [3.8, 4) is 11.3 Å². The highest BCUT2D eigenvalue weighted by Crippen LogP contribution is 2.34. The molecule has 1 saturated heterocycles. The molecule has 0 aliphatic carbocycles. The number of piperidine rings is 1. The Labute approximate surface area is 221 Å². The molecule has 0 unspecified atom stereocenters. The maximum atomic E-state index is 12.8. The zero-order valence-corrected chi connectivity index (χ0v) is 21.2. The summed E-state index contributed by atoms with van der Waals surface area (Å²) in [5.74, 6) is -2.46. The molecule has 4 aromatic heterocycles. The fourth-order valence-corrected chi connectivity index (χ4v) is 4.35. The van der Waals surface area contributed by atoms with Gasteiger partial charge in [-0.05, 0) is 51.0 Å². The molecule has 5 heterocycles. The first kappa shape index (κ1) is 27.6. The Kier molecular flexibility index (Phi) is 8.17. The highest BCUT2D eigenvalue weighted by atomic mass is 19.4. The number of carbonyl (C=O) groups excluding carboxylic acids is 1. The summed E-state index contributed by atoms with van der Waals surface area (Å²) in [6.45, 7) is 5.69. The van der Waals surface area contributed by atoms with Gasteiger partial charge in [0, 0.05) is 48.7 Å². The number of carboxylic acid groups (broad SMARTS) is 1. The van der Waals surface area contributed by atoms with Crippen LogP contribution in [0.4, 0.5) is 13.2 Å². The van der Waals surface area contributed by atoms with Crippen LogP contribution in [0.25, 0.3) is 22.3 Å². The summed E-state index contributed by atoms with van der Waals surface area (Å²) >= 11 is 0. The molecule has 4 aromatic rings. The normalized spacial score (nSPS) is 14.3. The number of aliphatic carboxylic acids is 1. The molecular formula is C26H26F3N7O3. The van der Waals surface area contributed by atoms with Gasteiger partial charge in [-0.1, -0.05) is 0 Å². The van der Waals surface area contributed by atoms with E-state index in [0.717, 1.165) is 40.8 Å². The Morgan fingerprint density at radius 2 is 1.79 bits per heavy atom. The van der Waals surface area contributed by atoms with E-state index < -0.39 is 12.1 Å². The summed E-state index contributed by atoms with van der Waals surface area (Å²) in [7, 11) is 0. The number of nitrogens with zero attached hydrogens (tertiary/aromatic N) is 7. The van der Waals surface area contributed by atoms with Gasteiger partial charge in [-0.15, -0.1) is 0 Å². The largest absolute Gasteiger partial charge is 0.490 e. The molecule has 10 nitrogen and oxygen atoms in total. The van der Waals surface area contributed by atoms with Crippen LogP contribution in [0.1, 0.15) is 54.7 Å². The molecule has 1 N–H and O–H groups in total. The van der Waals surface area contributed by atoms with E-state index in [2.05, 4.69) is 44.6 Å². The van der Waals surface area contributed by atoms with Gasteiger partial charge in [-0.25, -0.2) is 9.78 Å². The molecular weight excluding hydrogens is 515 g/mol. The number of alkyl halides is 3. The van der Waals surface area contributed by atoms with Crippen molar-refractivity contribution in [2.24, 2.45) is 0 Å². The number of carboxylic acids is 1. The predicted molar refractivity (Wildman–Crippen MR) is 135 cm³/mol. The molecule has 204 valence electrons. The number of fused-ring (bicyclic) bond motifs is 1. The van der Waals surface area contributed by atoms with Gasteiger partial charge in [0.25, 0.3) is 5.91 Å². The van der Waals surface area contributed by atoms with Crippen molar-refractivity contribution >= 4 is 22.9 Å². The van der Waals surface area contributed by atoms with Crippen LogP contribution >= 0.6 is 0 Å². The van der Waals surface area contributed by atoms with Gasteiger partial charge >= 0.3 is 12.1 Å². The quantitative estimate of drug-likeness (QED) is 0.400. The van der Waals surface area contributed by atoms with Crippen molar-refractivity contribution in [3.05, 3.63) is 66.6 Å². The first-order chi connectivity index (χ1) is 18.6. The van der Waals surface area contributed by atoms with Gasteiger partial charge in [0.05, 0.1) is 35.5 Å². The second-order valence-electron chi connectivity index (χ2n) is 9.25. The lowest BCUT2D eigenvalue weighted by Gasteiger charge is -2.32. The fraction of sp³-hybridized carbons (Fsp3) is 0.346. The van der Waals surface area contributed by atoms with E-state index in [-0.39, 0.29) is 11.8 Å². The number of rotatable bonds is 4. The molecule has 0 saturated carbocycles. The standard InChI is InChI=1S/C24H25N7O.C2HF3O2/c1-16(2)31-15-26-23-21(31)12-20(29-22(23)18-4-3-8-25-13-18)17-6-10-30(11-7-17)24(32)19-5-9-27-28-14-19;3-2(4,5)1(6)7/h3-5,8-9,12-17H,6-7,10-11H2,1-2H3;(H,6,7). The molecule has 0 radical (unpaired) electrons. The smallest absolute Gasteiger partial charge is 0.475 e. The number of likely N-dealkylation sites (tertiary alicyclic amines) is 1. The molecule has 0 bridgehead atoms. The molecule has 13 heteroatoms. The molecule has 1 fully saturated rings. The Balaban J connectivity index is 0.000000448. The minimum absolute atomic E-state index is 0.00990. The number of imidazole rings is 1. The van der Waals surface area contributed by atoms with Crippen molar-refractivity contribution < 1.29 is 27.9 Å². The monoisotopic (exact) mass is 541 g/mol. The number of pyridine rings is 2. The number of amides is 1. The molecule has 1 aliphatic rings. The lowest BCUT2D eigenvalue weighted by atomic mass is 9.92. The second-order valence-corrected chi connectivity index (χ2v) is 9.25. The van der Waals surface area contributed by atoms with Gasteiger partial charge in [0.2, 0.25) is 0 Å². The SMILES string of the molecule is CC(C)n1cnc2c(-c3cccnc3)nc(C3CCN(C(=O)c4ccnnc4)CC3)cc21.O=C(O)C(F)(F)F. The number of hydrogen-bond acceptors (Lipinski definition) is 7. The molecule has 39 heavy (non-hydrogen) atoms. The second kappa shape index (κ2) is 11.5. The Morgan fingerprint density at radius 1 is 1.08 bits per heavy atom. The van der Waals surface area contributed by atoms with E-state index in [1.807, 2.05) is 29.6 Å². The lowest BCUT2D eigenvalue weighted by molar-refractivity contribution is -0.192. The van der Waals surface area contributed by atoms with Crippen LogP contribution in [0.2, 0.25) is 0 Å². The van der Waals surface area contributed by atoms with Gasteiger partial charge in [0.1, 0.15) is 5.52 Å². The summed E-state index contributed by atoms with van der Waals surface area (Å²) in [5.41, 5.74) is 5.45. The van der Waals surface area contributed by atoms with E-state index in [9.17, 15) is 18.0 Å². The summed E-state index contributed by atoms with van der Waals surface area (Å²) < 4.78 is 33.9. The lowest BCUT2D eigenvalue weighted by Crippen LogP contribution is -2.38. The van der Waals surface area contributed by atoms with Crippen LogP contribution in [-0.4, -0.2) is 70.9 Å². The van der Waals surface area contributed by atoms with Crippen molar-refractivity contribution in [2.75, 3.05) is 13.1 Å². The summed E-state index contributed by atoms with van der Waals surface area (Å²) in [5, 5.41) is 14.7. The Morgan fingerprint density at radius 3 is 2.36 bits per heavy atom. The van der Waals surface area contributed by atoms with Crippen molar-refractivity contribution in [3.63, 3.8) is 0 Å². The number of hydrogen-bond donors (Lipinski definition) is 1. The summed E-state index contributed by atoms with van der Waals surface area (Å²) in [6.07, 6.45) is 5.22. The highest BCUT2D eigenvalue weighted by Gasteiger charge is 2.38. The highest BCUT2D eigenvalue weighted by molar-refractivity contribution is 5.94. The maximum Gasteiger partial charge on any atom is 0.490 e. The van der Waals surface area contributed by atoms with E-state index in [1.165, 1.54) is 6.20 Å². The third-order valence-corrected chi connectivity index (χ3v) is 6.35. The van der Waals surface area contributed by atoms with E-state index >= 15 is 0 Å². The molecule has 0 spiro atoms. The van der Waals surface area contributed by atoms with E-state index in [4.69, 9.17) is 14.9 Å². The zero-order chi connectivity index (χ0) is 28.2. The molecule has 1 aliphatic heterocycles.